The molecule has 0 saturated heterocycles. The SMILES string of the molecule is [2H]c1c([2H])c([2H])c2c(c1[2H])Oc1c([2H])c(-n3c4c([2H])c([2H])c([2H])c([2H])c4c4c5c6c([2H])c([2H])c(C)c([2H])c6n(-c6ccccc6)c5c([2H])c([2H])c43)c([2H])c3c1B2c1c([2H])c([2H])c([2H])c([2H])c1O3. The predicted molar refractivity (Wildman–Crippen MR) is 198 cm³/mol. The Hall–Kier alpha value is -6.20. The summed E-state index contributed by atoms with van der Waals surface area (Å²) in [4.78, 5) is 0. The Morgan fingerprint density at radius 2 is 1.10 bits per heavy atom. The van der Waals surface area contributed by atoms with E-state index in [2.05, 4.69) is 0 Å². The van der Waals surface area contributed by atoms with E-state index in [0.29, 0.717) is 5.69 Å². The number of nitrogens with zero attached hydrogens (tertiary/aromatic N) is 2. The summed E-state index contributed by atoms with van der Waals surface area (Å²) in [5.41, 5.74) is -1.50. The highest BCUT2D eigenvalue weighted by Gasteiger charge is 2.40. The first-order valence-corrected chi connectivity index (χ1v) is 14.9. The molecule has 9 aromatic rings. The average molecular weight is 634 g/mol. The van der Waals surface area contributed by atoms with Gasteiger partial charge in [-0.15, -0.1) is 0 Å². The van der Waals surface area contributed by atoms with E-state index in [1.165, 1.54) is 11.5 Å². The first kappa shape index (κ1) is 13.9. The van der Waals surface area contributed by atoms with Crippen molar-refractivity contribution in [3.63, 3.8) is 0 Å². The zero-order valence-electron chi connectivity index (χ0n) is 43.7. The number of hydrogen-bond donors (Lipinski definition) is 0. The highest BCUT2D eigenvalue weighted by Crippen LogP contribution is 2.44. The Kier molecular flexibility index (Phi) is 2.73. The Morgan fingerprint density at radius 3 is 1.79 bits per heavy atom. The van der Waals surface area contributed by atoms with Gasteiger partial charge < -0.3 is 18.6 Å². The van der Waals surface area contributed by atoms with Gasteiger partial charge in [-0.2, -0.15) is 0 Å². The molecule has 0 saturated carbocycles. The maximum absolute atomic E-state index is 9.92. The van der Waals surface area contributed by atoms with Gasteiger partial charge in [0.25, 0.3) is 6.71 Å². The molecule has 0 fully saturated rings. The Labute approximate surface area is 303 Å². The first-order chi connectivity index (χ1) is 31.7. The lowest BCUT2D eigenvalue weighted by Crippen LogP contribution is -2.57. The van der Waals surface area contributed by atoms with Gasteiger partial charge in [-0.25, -0.2) is 0 Å². The predicted octanol–water partition coefficient (Wildman–Crippen LogP) is 8.92. The topological polar surface area (TPSA) is 28.3 Å². The summed E-state index contributed by atoms with van der Waals surface area (Å²) in [6, 6.07) is -3.39. The van der Waals surface area contributed by atoms with Crippen molar-refractivity contribution in [1.29, 1.82) is 0 Å². The molecule has 5 heteroatoms. The van der Waals surface area contributed by atoms with Crippen molar-refractivity contribution in [2.24, 2.45) is 0 Å². The molecular weight excluding hydrogens is 587 g/mol. The van der Waals surface area contributed by atoms with Gasteiger partial charge in [0.1, 0.15) is 23.0 Å². The number of ether oxygens (including phenoxy) is 2. The fourth-order valence-corrected chi connectivity index (χ4v) is 6.92. The maximum atomic E-state index is 9.92. The molecule has 0 atom stereocenters. The molecule has 48 heavy (non-hydrogen) atoms. The minimum absolute atomic E-state index is 0.0320. The molecule has 224 valence electrons. The third-order valence-electron chi connectivity index (χ3n) is 8.83. The fourth-order valence-electron chi connectivity index (χ4n) is 6.92. The van der Waals surface area contributed by atoms with Crippen molar-refractivity contribution in [1.82, 2.24) is 9.13 Å². The van der Waals surface area contributed by atoms with E-state index in [9.17, 15) is 11.0 Å². The van der Waals surface area contributed by atoms with Gasteiger partial charge in [-0.05, 0) is 71.8 Å². The van der Waals surface area contributed by atoms with Crippen molar-refractivity contribution in [3.8, 4) is 34.4 Å². The van der Waals surface area contributed by atoms with Crippen LogP contribution in [-0.2, 0) is 0 Å². The molecule has 0 bridgehead atoms. The van der Waals surface area contributed by atoms with Crippen LogP contribution in [-0.4, -0.2) is 15.8 Å². The quantitative estimate of drug-likeness (QED) is 0.178. The van der Waals surface area contributed by atoms with Gasteiger partial charge in [-0.3, -0.25) is 0 Å². The van der Waals surface area contributed by atoms with Crippen LogP contribution in [0.25, 0.3) is 55.0 Å². The molecular formula is C43H27BN2O2. The van der Waals surface area contributed by atoms with Gasteiger partial charge >= 0.3 is 0 Å². The van der Waals surface area contributed by atoms with Crippen LogP contribution in [0.15, 0.2) is 145 Å². The maximum Gasteiger partial charge on any atom is 0.260 e. The minimum Gasteiger partial charge on any atom is -0.458 e. The number of hydrogen-bond acceptors (Lipinski definition) is 2. The average Bonchev–Trinajstić information content (AvgIpc) is 3.86. The van der Waals surface area contributed by atoms with Gasteiger partial charge in [0, 0.05) is 44.8 Å². The third kappa shape index (κ3) is 3.40. The number of aromatic nitrogens is 2. The van der Waals surface area contributed by atoms with E-state index < -0.39 is 138 Å². The molecule has 4 nitrogen and oxygen atoms in total. The molecule has 0 N–H and O–H groups in total. The standard InChI is InChI=1S/C43H27BN2O2/c1-26-19-20-30-36(23-26)45(27-11-3-2-4-12-27)34-21-22-35-41(42(30)34)29-13-5-8-16-33(29)46(35)28-24-39-43-40(25-28)48-38-18-10-7-15-32(38)44(43)31-14-6-9-17-37(31)47-39/h2-25H,1H3/i5D,6D,7D,8D,9D,10D,13D,14D,15D,16D,17D,18D,19D,20D,21D,22D,23D,24D,25D. The van der Waals surface area contributed by atoms with Crippen LogP contribution in [0.5, 0.6) is 23.0 Å². The second-order valence-corrected chi connectivity index (χ2v) is 11.4. The van der Waals surface area contributed by atoms with Crippen LogP contribution in [0.2, 0.25) is 0 Å². The second-order valence-electron chi connectivity index (χ2n) is 11.4. The van der Waals surface area contributed by atoms with Gasteiger partial charge in [0.2, 0.25) is 0 Å². The molecule has 2 aliphatic rings. The highest BCUT2D eigenvalue weighted by atomic mass is 16.5. The van der Waals surface area contributed by atoms with Crippen LogP contribution in [0.4, 0.5) is 0 Å². The lowest BCUT2D eigenvalue weighted by molar-refractivity contribution is 0.464. The summed E-state index contributed by atoms with van der Waals surface area (Å²) in [5.74, 6) is -2.01. The fraction of sp³-hybridized carbons (Fsp3) is 0.0233. The first-order valence-electron chi connectivity index (χ1n) is 24.4. The van der Waals surface area contributed by atoms with E-state index in [1.54, 1.807) is 30.3 Å². The summed E-state index contributed by atoms with van der Waals surface area (Å²) in [6.07, 6.45) is 0. The second kappa shape index (κ2) is 9.43. The molecule has 7 aromatic carbocycles. The third-order valence-corrected chi connectivity index (χ3v) is 8.83. The summed E-state index contributed by atoms with van der Waals surface area (Å²) >= 11 is 0. The minimum atomic E-state index is -1.54. The lowest BCUT2D eigenvalue weighted by Gasteiger charge is -2.33. The lowest BCUT2D eigenvalue weighted by atomic mass is 9.35. The van der Waals surface area contributed by atoms with Crippen LogP contribution in [0.1, 0.15) is 31.6 Å². The normalized spacial score (nSPS) is 18.5. The molecule has 2 aromatic heterocycles. The van der Waals surface area contributed by atoms with E-state index >= 15 is 0 Å². The van der Waals surface area contributed by atoms with Crippen molar-refractivity contribution in [2.45, 2.75) is 6.92 Å². The van der Waals surface area contributed by atoms with Gasteiger partial charge in [-0.1, -0.05) is 84.7 Å². The smallest absolute Gasteiger partial charge is 0.260 e. The van der Waals surface area contributed by atoms with E-state index in [4.69, 9.17) is 24.6 Å². The van der Waals surface area contributed by atoms with Crippen molar-refractivity contribution in [2.75, 3.05) is 0 Å². The number of rotatable bonds is 2. The van der Waals surface area contributed by atoms with Crippen molar-refractivity contribution < 1.29 is 35.5 Å². The number of fused-ring (bicyclic) bond motifs is 11. The van der Waals surface area contributed by atoms with E-state index in [1.807, 2.05) is 0 Å². The molecule has 2 aliphatic heterocycles. The highest BCUT2D eigenvalue weighted by molar-refractivity contribution is 6.98. The van der Waals surface area contributed by atoms with Gasteiger partial charge in [0.05, 0.1) is 53.8 Å². The molecule has 11 rings (SSSR count). The molecule has 0 radical (unpaired) electrons. The zero-order valence-corrected chi connectivity index (χ0v) is 24.7. The van der Waals surface area contributed by atoms with Crippen molar-refractivity contribution in [3.05, 3.63) is 151 Å². The van der Waals surface area contributed by atoms with Crippen LogP contribution in [0.3, 0.4) is 0 Å². The number of para-hydroxylation sites is 4. The molecule has 4 heterocycles. The summed E-state index contributed by atoms with van der Waals surface area (Å²) in [7, 11) is 0. The van der Waals surface area contributed by atoms with Crippen LogP contribution < -0.4 is 25.9 Å². The summed E-state index contributed by atoms with van der Waals surface area (Å²) < 4.78 is 188. The Morgan fingerprint density at radius 1 is 0.521 bits per heavy atom. The zero-order chi connectivity index (χ0) is 48.0. The van der Waals surface area contributed by atoms with Gasteiger partial charge in [0.15, 0.2) is 0 Å². The molecule has 0 aliphatic carbocycles. The van der Waals surface area contributed by atoms with Crippen molar-refractivity contribution >= 4 is 66.7 Å². The molecule has 0 amide bonds. The monoisotopic (exact) mass is 633 g/mol. The number of benzene rings is 7. The Balaban J connectivity index is 1.40. The summed E-state index contributed by atoms with van der Waals surface area (Å²) in [5, 5.41) is -0.491. The van der Waals surface area contributed by atoms with E-state index in [0.717, 1.165) is 4.57 Å². The van der Waals surface area contributed by atoms with Crippen LogP contribution in [0, 0.1) is 6.92 Å². The van der Waals surface area contributed by atoms with E-state index in [-0.39, 0.29) is 78.2 Å². The summed E-state index contributed by atoms with van der Waals surface area (Å²) in [6.45, 7) is -0.0363. The largest absolute Gasteiger partial charge is 0.458 e. The molecule has 0 spiro atoms. The molecule has 0 unspecified atom stereocenters. The van der Waals surface area contributed by atoms with Crippen LogP contribution >= 0.6 is 0 Å². The Bertz CT molecular complexity index is 3790.